The van der Waals surface area contributed by atoms with E-state index in [1.54, 1.807) is 11.3 Å². The van der Waals surface area contributed by atoms with Gasteiger partial charge in [0.05, 0.1) is 23.2 Å². The lowest BCUT2D eigenvalue weighted by Gasteiger charge is -2.38. The third kappa shape index (κ3) is 2.88. The molecule has 2 aliphatic rings. The van der Waals surface area contributed by atoms with E-state index < -0.39 is 0 Å². The van der Waals surface area contributed by atoms with Crippen molar-refractivity contribution in [2.75, 3.05) is 6.61 Å². The van der Waals surface area contributed by atoms with Crippen LogP contribution in [0.2, 0.25) is 0 Å². The van der Waals surface area contributed by atoms with Crippen molar-refractivity contribution in [3.8, 4) is 11.5 Å². The van der Waals surface area contributed by atoms with Gasteiger partial charge in [0.1, 0.15) is 11.5 Å². The second-order valence-corrected chi connectivity index (χ2v) is 7.58. The Morgan fingerprint density at radius 3 is 2.74 bits per heavy atom. The Labute approximate surface area is 162 Å². The van der Waals surface area contributed by atoms with Crippen LogP contribution >= 0.6 is 11.3 Å². The monoisotopic (exact) mass is 376 g/mol. The summed E-state index contributed by atoms with van der Waals surface area (Å²) in [5.74, 6) is 1.82. The zero-order chi connectivity index (χ0) is 18.2. The molecule has 2 aromatic carbocycles. The molecule has 0 radical (unpaired) electrons. The van der Waals surface area contributed by atoms with Crippen molar-refractivity contribution in [2.24, 2.45) is 5.10 Å². The molecule has 136 valence electrons. The minimum absolute atomic E-state index is 0.198. The number of para-hydroxylation sites is 1. The molecule has 0 unspecified atom stereocenters. The van der Waals surface area contributed by atoms with Gasteiger partial charge in [-0.05, 0) is 48.7 Å². The number of nitrogens with zero attached hydrogens (tertiary/aromatic N) is 2. The van der Waals surface area contributed by atoms with Gasteiger partial charge in [-0.15, -0.1) is 11.3 Å². The molecule has 0 aliphatic carbocycles. The van der Waals surface area contributed by atoms with Crippen LogP contribution in [0.15, 0.2) is 71.1 Å². The molecular formula is C22H20N2O2S. The van der Waals surface area contributed by atoms with Crippen molar-refractivity contribution in [1.29, 1.82) is 0 Å². The summed E-state index contributed by atoms with van der Waals surface area (Å²) in [5.41, 5.74) is 3.41. The predicted octanol–water partition coefficient (Wildman–Crippen LogP) is 5.39. The molecule has 3 aromatic rings. The summed E-state index contributed by atoms with van der Waals surface area (Å²) in [6.45, 7) is 2.65. The molecule has 27 heavy (non-hydrogen) atoms. The number of hydrogen-bond acceptors (Lipinski definition) is 5. The number of fused-ring (bicyclic) bond motifs is 3. The van der Waals surface area contributed by atoms with E-state index >= 15 is 0 Å². The topological polar surface area (TPSA) is 34.1 Å². The highest BCUT2D eigenvalue weighted by Crippen LogP contribution is 2.47. The number of benzene rings is 2. The van der Waals surface area contributed by atoms with Crippen molar-refractivity contribution < 1.29 is 9.47 Å². The average molecular weight is 376 g/mol. The lowest BCUT2D eigenvalue weighted by Crippen LogP contribution is -2.33. The highest BCUT2D eigenvalue weighted by atomic mass is 32.1. The van der Waals surface area contributed by atoms with E-state index in [0.717, 1.165) is 29.2 Å². The van der Waals surface area contributed by atoms with Gasteiger partial charge in [0.25, 0.3) is 0 Å². The molecule has 5 heteroatoms. The highest BCUT2D eigenvalue weighted by molar-refractivity contribution is 7.12. The lowest BCUT2D eigenvalue weighted by molar-refractivity contribution is -0.0190. The van der Waals surface area contributed by atoms with Crippen LogP contribution in [0.5, 0.6) is 11.5 Å². The molecule has 1 aromatic heterocycles. The van der Waals surface area contributed by atoms with Gasteiger partial charge in [-0.25, -0.2) is 5.01 Å². The van der Waals surface area contributed by atoms with Crippen LogP contribution < -0.4 is 9.47 Å². The molecule has 2 atom stereocenters. The van der Waals surface area contributed by atoms with Gasteiger partial charge >= 0.3 is 0 Å². The standard InChI is InChI=1S/C22H20N2O2S/c1-2-25-16-11-9-15(10-12-16)22-24-19(17-6-3-4-7-20(17)26-22)14-18(23-24)21-8-5-13-27-21/h3-13,19,22H,2,14H2,1H3/t19-,22+/m0/s1. The van der Waals surface area contributed by atoms with Crippen LogP contribution in [0.25, 0.3) is 0 Å². The smallest absolute Gasteiger partial charge is 0.213 e. The van der Waals surface area contributed by atoms with E-state index in [4.69, 9.17) is 14.6 Å². The van der Waals surface area contributed by atoms with Crippen molar-refractivity contribution in [3.63, 3.8) is 0 Å². The van der Waals surface area contributed by atoms with Crippen LogP contribution in [0.1, 0.15) is 41.6 Å². The Morgan fingerprint density at radius 1 is 1.11 bits per heavy atom. The minimum Gasteiger partial charge on any atom is -0.494 e. The van der Waals surface area contributed by atoms with Gasteiger partial charge in [-0.3, -0.25) is 0 Å². The highest BCUT2D eigenvalue weighted by Gasteiger charge is 2.40. The summed E-state index contributed by atoms with van der Waals surface area (Å²) in [7, 11) is 0. The number of ether oxygens (including phenoxy) is 2. The van der Waals surface area contributed by atoms with Crippen molar-refractivity contribution >= 4 is 17.0 Å². The summed E-state index contributed by atoms with van der Waals surface area (Å²) >= 11 is 1.74. The Balaban J connectivity index is 1.54. The number of thiophene rings is 1. The van der Waals surface area contributed by atoms with Gasteiger partial charge in [0.2, 0.25) is 6.23 Å². The third-order valence-electron chi connectivity index (χ3n) is 4.98. The van der Waals surface area contributed by atoms with Crippen LogP contribution in [-0.2, 0) is 0 Å². The molecule has 0 saturated carbocycles. The minimum atomic E-state index is -0.238. The third-order valence-corrected chi connectivity index (χ3v) is 5.90. The number of hydrazone groups is 1. The molecule has 5 rings (SSSR count). The first-order chi connectivity index (χ1) is 13.3. The molecule has 0 spiro atoms. The van der Waals surface area contributed by atoms with E-state index in [0.29, 0.717) is 6.61 Å². The fourth-order valence-electron chi connectivity index (χ4n) is 3.74. The average Bonchev–Trinajstić information content (AvgIpc) is 3.38. The van der Waals surface area contributed by atoms with Gasteiger partial charge in [0, 0.05) is 17.5 Å². The van der Waals surface area contributed by atoms with E-state index in [1.165, 1.54) is 10.4 Å². The number of hydrogen-bond donors (Lipinski definition) is 0. The van der Waals surface area contributed by atoms with E-state index in [1.807, 2.05) is 25.1 Å². The summed E-state index contributed by atoms with van der Waals surface area (Å²) in [4.78, 5) is 1.23. The zero-order valence-electron chi connectivity index (χ0n) is 15.0. The SMILES string of the molecule is CCOc1ccc([C@H]2Oc3ccccc3[C@@H]3CC(c4cccs4)=NN23)cc1. The van der Waals surface area contributed by atoms with Crippen molar-refractivity contribution in [2.45, 2.75) is 25.6 Å². The quantitative estimate of drug-likeness (QED) is 0.612. The second-order valence-electron chi connectivity index (χ2n) is 6.63. The predicted molar refractivity (Wildman–Crippen MR) is 107 cm³/mol. The van der Waals surface area contributed by atoms with Crippen LogP contribution in [-0.4, -0.2) is 17.3 Å². The van der Waals surface area contributed by atoms with Gasteiger partial charge in [0.15, 0.2) is 0 Å². The van der Waals surface area contributed by atoms with Gasteiger partial charge < -0.3 is 9.47 Å². The molecule has 0 bridgehead atoms. The fraction of sp³-hybridized carbons (Fsp3) is 0.227. The van der Waals surface area contributed by atoms with E-state index in [2.05, 4.69) is 52.9 Å². The summed E-state index contributed by atoms with van der Waals surface area (Å²) in [6.07, 6.45) is 0.659. The Morgan fingerprint density at radius 2 is 1.96 bits per heavy atom. The Hall–Kier alpha value is -2.79. The second kappa shape index (κ2) is 6.74. The maximum atomic E-state index is 6.38. The first-order valence-electron chi connectivity index (χ1n) is 9.21. The first-order valence-corrected chi connectivity index (χ1v) is 10.1. The summed E-state index contributed by atoms with van der Waals surface area (Å²) in [6, 6.07) is 20.8. The first kappa shape index (κ1) is 16.4. The normalized spacial score (nSPS) is 20.5. The Bertz CT molecular complexity index is 966. The molecule has 0 saturated heterocycles. The maximum Gasteiger partial charge on any atom is 0.213 e. The van der Waals surface area contributed by atoms with Crippen LogP contribution in [0.4, 0.5) is 0 Å². The van der Waals surface area contributed by atoms with Crippen LogP contribution in [0, 0.1) is 0 Å². The molecule has 3 heterocycles. The van der Waals surface area contributed by atoms with Gasteiger partial charge in [-0.1, -0.05) is 24.3 Å². The van der Waals surface area contributed by atoms with Crippen molar-refractivity contribution in [3.05, 3.63) is 82.0 Å². The molecule has 0 N–H and O–H groups in total. The Kier molecular flexibility index (Phi) is 4.09. The molecule has 2 aliphatic heterocycles. The fourth-order valence-corrected chi connectivity index (χ4v) is 4.46. The van der Waals surface area contributed by atoms with Gasteiger partial charge in [-0.2, -0.15) is 5.10 Å². The van der Waals surface area contributed by atoms with E-state index in [-0.39, 0.29) is 12.3 Å². The van der Waals surface area contributed by atoms with Crippen molar-refractivity contribution in [1.82, 2.24) is 5.01 Å². The molecule has 4 nitrogen and oxygen atoms in total. The largest absolute Gasteiger partial charge is 0.494 e. The molecule has 0 fully saturated rings. The van der Waals surface area contributed by atoms with E-state index in [9.17, 15) is 0 Å². The lowest BCUT2D eigenvalue weighted by atomic mass is 9.98. The summed E-state index contributed by atoms with van der Waals surface area (Å²) < 4.78 is 12.0. The maximum absolute atomic E-state index is 6.38. The molecular weight excluding hydrogens is 356 g/mol. The van der Waals surface area contributed by atoms with Crippen LogP contribution in [0.3, 0.4) is 0 Å². The number of rotatable bonds is 4. The molecule has 0 amide bonds. The zero-order valence-corrected chi connectivity index (χ0v) is 15.9. The summed E-state index contributed by atoms with van der Waals surface area (Å²) in [5, 5.41) is 9.19.